The number of ether oxygens (including phenoxy) is 1. The SMILES string of the molecule is COc1c(CN)ccc(O)c1Cl. The predicted octanol–water partition coefficient (Wildman–Crippen LogP) is 1.51. The lowest BCUT2D eigenvalue weighted by Gasteiger charge is -2.08. The van der Waals surface area contributed by atoms with E-state index in [1.54, 1.807) is 6.07 Å². The molecule has 0 unspecified atom stereocenters. The summed E-state index contributed by atoms with van der Waals surface area (Å²) in [6.07, 6.45) is 0. The highest BCUT2D eigenvalue weighted by Crippen LogP contribution is 2.35. The minimum Gasteiger partial charge on any atom is -0.506 e. The Morgan fingerprint density at radius 2 is 2.25 bits per heavy atom. The van der Waals surface area contributed by atoms with E-state index in [1.165, 1.54) is 13.2 Å². The van der Waals surface area contributed by atoms with E-state index in [1.807, 2.05) is 0 Å². The number of methoxy groups -OCH3 is 1. The molecule has 0 fully saturated rings. The van der Waals surface area contributed by atoms with E-state index in [2.05, 4.69) is 0 Å². The van der Waals surface area contributed by atoms with Gasteiger partial charge in [-0.15, -0.1) is 0 Å². The second-order valence-corrected chi connectivity index (χ2v) is 2.67. The van der Waals surface area contributed by atoms with Gasteiger partial charge in [-0.25, -0.2) is 0 Å². The van der Waals surface area contributed by atoms with Crippen LogP contribution in [0.5, 0.6) is 11.5 Å². The summed E-state index contributed by atoms with van der Waals surface area (Å²) in [6, 6.07) is 3.17. The number of aromatic hydroxyl groups is 1. The third-order valence-electron chi connectivity index (χ3n) is 1.58. The molecule has 0 bridgehead atoms. The number of hydrogen-bond acceptors (Lipinski definition) is 3. The van der Waals surface area contributed by atoms with Gasteiger partial charge in [0.25, 0.3) is 0 Å². The Labute approximate surface area is 75.7 Å². The molecule has 0 atom stereocenters. The fourth-order valence-electron chi connectivity index (χ4n) is 0.967. The number of phenols is 1. The summed E-state index contributed by atoms with van der Waals surface area (Å²) in [5, 5.41) is 9.41. The first-order chi connectivity index (χ1) is 5.70. The first-order valence-electron chi connectivity index (χ1n) is 3.45. The zero-order valence-corrected chi connectivity index (χ0v) is 7.43. The smallest absolute Gasteiger partial charge is 0.145 e. The Kier molecular flexibility index (Phi) is 2.78. The van der Waals surface area contributed by atoms with Crippen LogP contribution in [0.15, 0.2) is 12.1 Å². The van der Waals surface area contributed by atoms with Crippen LogP contribution >= 0.6 is 11.6 Å². The fraction of sp³-hybridized carbons (Fsp3) is 0.250. The third-order valence-corrected chi connectivity index (χ3v) is 1.95. The summed E-state index contributed by atoms with van der Waals surface area (Å²) < 4.78 is 4.98. The standard InChI is InChI=1S/C8H10ClNO2/c1-12-8-5(4-10)2-3-6(11)7(8)9/h2-3,11H,4,10H2,1H3. The van der Waals surface area contributed by atoms with Gasteiger partial charge in [0.15, 0.2) is 0 Å². The molecule has 0 heterocycles. The summed E-state index contributed by atoms with van der Waals surface area (Å²) in [4.78, 5) is 0. The summed E-state index contributed by atoms with van der Waals surface area (Å²) >= 11 is 5.75. The van der Waals surface area contributed by atoms with Crippen LogP contribution in [0.25, 0.3) is 0 Å². The minimum atomic E-state index is 0.00529. The molecular weight excluding hydrogens is 178 g/mol. The van der Waals surface area contributed by atoms with Gasteiger partial charge in [-0.2, -0.15) is 0 Å². The van der Waals surface area contributed by atoms with E-state index < -0.39 is 0 Å². The van der Waals surface area contributed by atoms with Crippen LogP contribution in [-0.4, -0.2) is 12.2 Å². The minimum absolute atomic E-state index is 0.00529. The van der Waals surface area contributed by atoms with Gasteiger partial charge in [0.2, 0.25) is 0 Å². The van der Waals surface area contributed by atoms with Crippen molar-refractivity contribution in [3.8, 4) is 11.5 Å². The topological polar surface area (TPSA) is 55.5 Å². The Morgan fingerprint density at radius 1 is 1.58 bits per heavy atom. The Balaban J connectivity index is 3.25. The summed E-state index contributed by atoms with van der Waals surface area (Å²) in [7, 11) is 1.49. The molecule has 0 aromatic heterocycles. The van der Waals surface area contributed by atoms with E-state index in [4.69, 9.17) is 22.1 Å². The van der Waals surface area contributed by atoms with Crippen molar-refractivity contribution in [2.45, 2.75) is 6.54 Å². The highest BCUT2D eigenvalue weighted by atomic mass is 35.5. The van der Waals surface area contributed by atoms with E-state index in [0.717, 1.165) is 5.56 Å². The van der Waals surface area contributed by atoms with Crippen LogP contribution in [0.4, 0.5) is 0 Å². The fourth-order valence-corrected chi connectivity index (χ4v) is 1.23. The van der Waals surface area contributed by atoms with Crippen molar-refractivity contribution in [3.63, 3.8) is 0 Å². The molecule has 0 aliphatic carbocycles. The molecule has 1 aromatic carbocycles. The maximum absolute atomic E-state index is 9.20. The Bertz CT molecular complexity index is 289. The van der Waals surface area contributed by atoms with Crippen molar-refractivity contribution in [3.05, 3.63) is 22.7 Å². The second kappa shape index (κ2) is 3.65. The van der Waals surface area contributed by atoms with E-state index >= 15 is 0 Å². The third kappa shape index (κ3) is 1.47. The molecule has 4 heteroatoms. The van der Waals surface area contributed by atoms with Crippen LogP contribution in [-0.2, 0) is 6.54 Å². The lowest BCUT2D eigenvalue weighted by Crippen LogP contribution is -1.99. The molecule has 0 aliphatic heterocycles. The lowest BCUT2D eigenvalue weighted by atomic mass is 10.2. The highest BCUT2D eigenvalue weighted by Gasteiger charge is 2.09. The monoisotopic (exact) mass is 187 g/mol. The predicted molar refractivity (Wildman–Crippen MR) is 47.6 cm³/mol. The molecule has 1 aromatic rings. The second-order valence-electron chi connectivity index (χ2n) is 2.30. The molecule has 0 spiro atoms. The lowest BCUT2D eigenvalue weighted by molar-refractivity contribution is 0.403. The van der Waals surface area contributed by atoms with Crippen LogP contribution in [0.1, 0.15) is 5.56 Å². The van der Waals surface area contributed by atoms with Crippen molar-refractivity contribution in [2.24, 2.45) is 5.73 Å². The van der Waals surface area contributed by atoms with Crippen LogP contribution in [0.2, 0.25) is 5.02 Å². The van der Waals surface area contributed by atoms with Crippen LogP contribution in [0, 0.1) is 0 Å². The molecule has 0 aliphatic rings. The van der Waals surface area contributed by atoms with Crippen LogP contribution < -0.4 is 10.5 Å². The zero-order chi connectivity index (χ0) is 9.14. The molecule has 3 N–H and O–H groups in total. The Hall–Kier alpha value is -0.930. The maximum atomic E-state index is 9.20. The van der Waals surface area contributed by atoms with Gasteiger partial charge in [0, 0.05) is 12.1 Å². The number of rotatable bonds is 2. The molecule has 1 rings (SSSR count). The van der Waals surface area contributed by atoms with Gasteiger partial charge in [0.05, 0.1) is 7.11 Å². The van der Waals surface area contributed by atoms with Crippen molar-refractivity contribution in [1.82, 2.24) is 0 Å². The number of halogens is 1. The average molecular weight is 188 g/mol. The van der Waals surface area contributed by atoms with Gasteiger partial charge < -0.3 is 15.6 Å². The highest BCUT2D eigenvalue weighted by molar-refractivity contribution is 6.33. The van der Waals surface area contributed by atoms with E-state index in [9.17, 15) is 5.11 Å². The van der Waals surface area contributed by atoms with Crippen molar-refractivity contribution < 1.29 is 9.84 Å². The van der Waals surface area contributed by atoms with Crippen molar-refractivity contribution in [1.29, 1.82) is 0 Å². The number of nitrogens with two attached hydrogens (primary N) is 1. The molecule has 0 saturated carbocycles. The molecule has 0 radical (unpaired) electrons. The van der Waals surface area contributed by atoms with E-state index in [0.29, 0.717) is 12.3 Å². The van der Waals surface area contributed by atoms with Gasteiger partial charge in [-0.1, -0.05) is 17.7 Å². The van der Waals surface area contributed by atoms with Crippen molar-refractivity contribution in [2.75, 3.05) is 7.11 Å². The van der Waals surface area contributed by atoms with Gasteiger partial charge >= 0.3 is 0 Å². The number of hydrogen-bond donors (Lipinski definition) is 2. The zero-order valence-electron chi connectivity index (χ0n) is 6.67. The molecule has 0 amide bonds. The molecular formula is C8H10ClNO2. The van der Waals surface area contributed by atoms with Gasteiger partial charge in [-0.05, 0) is 6.07 Å². The average Bonchev–Trinajstić information content (AvgIpc) is 2.09. The summed E-state index contributed by atoms with van der Waals surface area (Å²) in [5.41, 5.74) is 6.20. The summed E-state index contributed by atoms with van der Waals surface area (Å²) in [5.74, 6) is 0.449. The number of benzene rings is 1. The molecule has 3 nitrogen and oxygen atoms in total. The molecule has 66 valence electrons. The van der Waals surface area contributed by atoms with Gasteiger partial charge in [-0.3, -0.25) is 0 Å². The Morgan fingerprint density at radius 3 is 2.75 bits per heavy atom. The summed E-state index contributed by atoms with van der Waals surface area (Å²) in [6.45, 7) is 0.336. The quantitative estimate of drug-likeness (QED) is 0.738. The number of phenolic OH excluding ortho intramolecular Hbond substituents is 1. The van der Waals surface area contributed by atoms with Crippen LogP contribution in [0.3, 0.4) is 0 Å². The first kappa shape index (κ1) is 9.16. The molecule has 0 saturated heterocycles. The largest absolute Gasteiger partial charge is 0.506 e. The first-order valence-corrected chi connectivity index (χ1v) is 3.83. The van der Waals surface area contributed by atoms with Gasteiger partial charge in [0.1, 0.15) is 16.5 Å². The van der Waals surface area contributed by atoms with E-state index in [-0.39, 0.29) is 10.8 Å². The molecule has 12 heavy (non-hydrogen) atoms. The van der Waals surface area contributed by atoms with Crippen molar-refractivity contribution >= 4 is 11.6 Å². The normalized spacial score (nSPS) is 9.92. The maximum Gasteiger partial charge on any atom is 0.145 e.